The molecule has 0 aromatic heterocycles. The lowest BCUT2D eigenvalue weighted by Crippen LogP contribution is -2.08. The normalized spacial score (nSPS) is 16.3. The van der Waals surface area contributed by atoms with Gasteiger partial charge in [-0.15, -0.1) is 0 Å². The Morgan fingerprint density at radius 3 is 2.79 bits per heavy atom. The molecule has 0 aliphatic heterocycles. The van der Waals surface area contributed by atoms with Crippen LogP contribution >= 0.6 is 0 Å². The van der Waals surface area contributed by atoms with Gasteiger partial charge in [0.25, 0.3) is 0 Å². The molecule has 0 amide bonds. The maximum absolute atomic E-state index is 13.8. The number of rotatable bonds is 5. The number of ether oxygens (including phenoxy) is 1. The molecule has 1 fully saturated rings. The number of carbonyl (C=O) groups is 1. The van der Waals surface area contributed by atoms with E-state index in [1.165, 1.54) is 25.0 Å². The van der Waals surface area contributed by atoms with Crippen LogP contribution in [-0.4, -0.2) is 17.2 Å². The van der Waals surface area contributed by atoms with Crippen LogP contribution in [0.2, 0.25) is 0 Å². The van der Waals surface area contributed by atoms with Crippen molar-refractivity contribution in [2.45, 2.75) is 38.4 Å². The Kier molecular flexibility index (Phi) is 4.68. The van der Waals surface area contributed by atoms with Crippen LogP contribution in [0.25, 0.3) is 6.08 Å². The zero-order valence-corrected chi connectivity index (χ0v) is 10.6. The van der Waals surface area contributed by atoms with Crippen molar-refractivity contribution in [1.82, 2.24) is 0 Å². The molecule has 0 saturated heterocycles. The Bertz CT molecular complexity index is 476. The van der Waals surface area contributed by atoms with E-state index in [2.05, 4.69) is 0 Å². The van der Waals surface area contributed by atoms with Crippen LogP contribution in [0.1, 0.15) is 36.8 Å². The van der Waals surface area contributed by atoms with Crippen molar-refractivity contribution >= 4 is 12.0 Å². The van der Waals surface area contributed by atoms with Crippen molar-refractivity contribution in [3.63, 3.8) is 0 Å². The largest absolute Gasteiger partial charge is 0.478 e. The Labute approximate surface area is 111 Å². The van der Waals surface area contributed by atoms with Crippen molar-refractivity contribution in [1.29, 1.82) is 0 Å². The summed E-state index contributed by atoms with van der Waals surface area (Å²) in [4.78, 5) is 10.4. The summed E-state index contributed by atoms with van der Waals surface area (Å²) < 4.78 is 19.4. The molecule has 2 rings (SSSR count). The number of aliphatic carboxylic acids is 1. The Morgan fingerprint density at radius 2 is 2.16 bits per heavy atom. The number of hydrogen-bond donors (Lipinski definition) is 1. The first-order chi connectivity index (χ1) is 9.15. The van der Waals surface area contributed by atoms with Crippen molar-refractivity contribution < 1.29 is 19.0 Å². The van der Waals surface area contributed by atoms with Crippen LogP contribution in [-0.2, 0) is 16.1 Å². The van der Waals surface area contributed by atoms with Crippen molar-refractivity contribution in [3.05, 3.63) is 41.2 Å². The third kappa shape index (κ3) is 4.17. The lowest BCUT2D eigenvalue weighted by Gasteiger charge is -2.11. The van der Waals surface area contributed by atoms with E-state index in [0.717, 1.165) is 18.9 Å². The van der Waals surface area contributed by atoms with E-state index in [4.69, 9.17) is 9.84 Å². The van der Waals surface area contributed by atoms with Gasteiger partial charge in [-0.1, -0.05) is 25.0 Å². The highest BCUT2D eigenvalue weighted by molar-refractivity contribution is 5.85. The first kappa shape index (κ1) is 13.7. The molecular weight excluding hydrogens is 247 g/mol. The van der Waals surface area contributed by atoms with E-state index >= 15 is 0 Å². The summed E-state index contributed by atoms with van der Waals surface area (Å²) in [6, 6.07) is 4.66. The second-order valence-corrected chi connectivity index (χ2v) is 4.74. The minimum atomic E-state index is -1.05. The quantitative estimate of drug-likeness (QED) is 0.829. The van der Waals surface area contributed by atoms with Gasteiger partial charge in [-0.25, -0.2) is 9.18 Å². The molecule has 0 radical (unpaired) electrons. The maximum atomic E-state index is 13.8. The van der Waals surface area contributed by atoms with Gasteiger partial charge in [0.1, 0.15) is 5.82 Å². The average Bonchev–Trinajstić information content (AvgIpc) is 2.88. The fraction of sp³-hybridized carbons (Fsp3) is 0.400. The predicted octanol–water partition coefficient (Wildman–Crippen LogP) is 3.38. The van der Waals surface area contributed by atoms with Crippen LogP contribution in [0.4, 0.5) is 4.39 Å². The maximum Gasteiger partial charge on any atom is 0.328 e. The smallest absolute Gasteiger partial charge is 0.328 e. The van der Waals surface area contributed by atoms with E-state index < -0.39 is 5.97 Å². The SMILES string of the molecule is O=C(O)C=Cc1ccc(COC2CCCC2)c(F)c1. The van der Waals surface area contributed by atoms with Crippen LogP contribution in [0.5, 0.6) is 0 Å². The molecule has 0 bridgehead atoms. The summed E-state index contributed by atoms with van der Waals surface area (Å²) in [6.07, 6.45) is 7.10. The first-order valence-electron chi connectivity index (χ1n) is 6.46. The van der Waals surface area contributed by atoms with E-state index in [1.54, 1.807) is 12.1 Å². The Balaban J connectivity index is 1.96. The van der Waals surface area contributed by atoms with E-state index in [-0.39, 0.29) is 18.5 Å². The molecule has 1 aromatic rings. The molecular formula is C15H17FO3. The number of benzene rings is 1. The summed E-state index contributed by atoms with van der Waals surface area (Å²) in [6.45, 7) is 0.277. The molecule has 1 N–H and O–H groups in total. The third-order valence-corrected chi connectivity index (χ3v) is 3.27. The summed E-state index contributed by atoms with van der Waals surface area (Å²) in [5, 5.41) is 8.50. The summed E-state index contributed by atoms with van der Waals surface area (Å²) in [5.41, 5.74) is 1.05. The average molecular weight is 264 g/mol. The van der Waals surface area contributed by atoms with Gasteiger partial charge in [0, 0.05) is 11.6 Å². The monoisotopic (exact) mass is 264 g/mol. The van der Waals surface area contributed by atoms with Gasteiger partial charge in [-0.05, 0) is 30.5 Å². The van der Waals surface area contributed by atoms with E-state index in [0.29, 0.717) is 11.1 Å². The minimum absolute atomic E-state index is 0.256. The lowest BCUT2D eigenvalue weighted by atomic mass is 10.1. The van der Waals surface area contributed by atoms with E-state index in [9.17, 15) is 9.18 Å². The molecule has 1 aliphatic carbocycles. The van der Waals surface area contributed by atoms with Crippen molar-refractivity contribution in [2.24, 2.45) is 0 Å². The predicted molar refractivity (Wildman–Crippen MR) is 70.1 cm³/mol. The van der Waals surface area contributed by atoms with Gasteiger partial charge < -0.3 is 9.84 Å². The number of carboxylic acids is 1. The summed E-state index contributed by atoms with van der Waals surface area (Å²) >= 11 is 0. The zero-order chi connectivity index (χ0) is 13.7. The Hall–Kier alpha value is -1.68. The topological polar surface area (TPSA) is 46.5 Å². The van der Waals surface area contributed by atoms with Crippen LogP contribution in [0.3, 0.4) is 0 Å². The molecule has 102 valence electrons. The molecule has 3 nitrogen and oxygen atoms in total. The molecule has 1 aromatic carbocycles. The van der Waals surface area contributed by atoms with Crippen LogP contribution < -0.4 is 0 Å². The van der Waals surface area contributed by atoms with Gasteiger partial charge in [0.05, 0.1) is 12.7 Å². The minimum Gasteiger partial charge on any atom is -0.478 e. The molecule has 0 spiro atoms. The van der Waals surface area contributed by atoms with Gasteiger partial charge in [-0.2, -0.15) is 0 Å². The number of halogens is 1. The zero-order valence-electron chi connectivity index (χ0n) is 10.6. The van der Waals surface area contributed by atoms with Crippen LogP contribution in [0, 0.1) is 5.82 Å². The highest BCUT2D eigenvalue weighted by Crippen LogP contribution is 2.23. The van der Waals surface area contributed by atoms with Crippen molar-refractivity contribution in [3.8, 4) is 0 Å². The molecule has 0 heterocycles. The fourth-order valence-corrected chi connectivity index (χ4v) is 2.21. The van der Waals surface area contributed by atoms with E-state index in [1.807, 2.05) is 0 Å². The highest BCUT2D eigenvalue weighted by Gasteiger charge is 2.15. The highest BCUT2D eigenvalue weighted by atomic mass is 19.1. The molecule has 1 aliphatic rings. The molecule has 0 unspecified atom stereocenters. The van der Waals surface area contributed by atoms with Gasteiger partial charge in [0.2, 0.25) is 0 Å². The molecule has 4 heteroatoms. The van der Waals surface area contributed by atoms with Crippen molar-refractivity contribution in [2.75, 3.05) is 0 Å². The first-order valence-corrected chi connectivity index (χ1v) is 6.46. The standard InChI is InChI=1S/C15H17FO3/c16-14-9-11(6-8-15(17)18)5-7-12(14)10-19-13-3-1-2-4-13/h5-9,13H,1-4,10H2,(H,17,18). The second kappa shape index (κ2) is 6.48. The van der Waals surface area contributed by atoms with Crippen LogP contribution in [0.15, 0.2) is 24.3 Å². The van der Waals surface area contributed by atoms with Gasteiger partial charge >= 0.3 is 5.97 Å². The number of hydrogen-bond acceptors (Lipinski definition) is 2. The third-order valence-electron chi connectivity index (χ3n) is 3.27. The summed E-state index contributed by atoms with van der Waals surface area (Å²) in [5.74, 6) is -1.40. The molecule has 1 saturated carbocycles. The lowest BCUT2D eigenvalue weighted by molar-refractivity contribution is -0.131. The molecule has 0 atom stereocenters. The number of carboxylic acid groups (broad SMARTS) is 1. The summed E-state index contributed by atoms with van der Waals surface area (Å²) in [7, 11) is 0. The fourth-order valence-electron chi connectivity index (χ4n) is 2.21. The molecule has 19 heavy (non-hydrogen) atoms. The second-order valence-electron chi connectivity index (χ2n) is 4.74. The van der Waals surface area contributed by atoms with Gasteiger partial charge in [0.15, 0.2) is 0 Å². The van der Waals surface area contributed by atoms with Gasteiger partial charge in [-0.3, -0.25) is 0 Å². The Morgan fingerprint density at radius 1 is 1.42 bits per heavy atom.